The molecule has 8 nitrogen and oxygen atoms in total. The number of esters is 2. The van der Waals surface area contributed by atoms with Crippen molar-refractivity contribution in [3.05, 3.63) is 24.0 Å². The molecule has 1 aromatic heterocycles. The Kier molecular flexibility index (Phi) is 7.52. The van der Waals surface area contributed by atoms with Gasteiger partial charge in [-0.05, 0) is 26.3 Å². The number of carbonyl (C=O) groups is 3. The van der Waals surface area contributed by atoms with E-state index in [1.807, 2.05) is 0 Å². The lowest BCUT2D eigenvalue weighted by molar-refractivity contribution is -0.146. The van der Waals surface area contributed by atoms with Gasteiger partial charge in [0.1, 0.15) is 11.8 Å². The molecular weight excluding hydrogens is 304 g/mol. The summed E-state index contributed by atoms with van der Waals surface area (Å²) in [5.41, 5.74) is 0.0930. The highest BCUT2D eigenvalue weighted by atomic mass is 16.5. The van der Waals surface area contributed by atoms with Crippen LogP contribution in [0.1, 0.15) is 37.0 Å². The quantitative estimate of drug-likeness (QED) is 0.679. The first-order valence-corrected chi connectivity index (χ1v) is 7.25. The molecule has 1 amide bonds. The Morgan fingerprint density at radius 1 is 1.22 bits per heavy atom. The van der Waals surface area contributed by atoms with Crippen molar-refractivity contribution in [1.29, 1.82) is 0 Å². The van der Waals surface area contributed by atoms with Crippen LogP contribution in [0.2, 0.25) is 0 Å². The molecule has 126 valence electrons. The van der Waals surface area contributed by atoms with Gasteiger partial charge in [-0.15, -0.1) is 0 Å². The van der Waals surface area contributed by atoms with Crippen molar-refractivity contribution in [2.45, 2.75) is 32.7 Å². The first-order valence-electron chi connectivity index (χ1n) is 7.25. The molecule has 0 spiro atoms. The van der Waals surface area contributed by atoms with Crippen LogP contribution in [0.25, 0.3) is 0 Å². The fraction of sp³-hybridized carbons (Fsp3) is 0.467. The minimum atomic E-state index is -0.991. The van der Waals surface area contributed by atoms with E-state index in [0.29, 0.717) is 0 Å². The van der Waals surface area contributed by atoms with E-state index in [4.69, 9.17) is 9.47 Å². The zero-order valence-corrected chi connectivity index (χ0v) is 13.1. The van der Waals surface area contributed by atoms with Gasteiger partial charge >= 0.3 is 11.9 Å². The molecular formula is C15H20N2O6. The Morgan fingerprint density at radius 2 is 1.91 bits per heavy atom. The molecule has 0 aliphatic carbocycles. The number of amides is 1. The molecule has 8 heteroatoms. The van der Waals surface area contributed by atoms with Gasteiger partial charge in [0.15, 0.2) is 0 Å². The monoisotopic (exact) mass is 324 g/mol. The topological polar surface area (TPSA) is 115 Å². The molecule has 23 heavy (non-hydrogen) atoms. The van der Waals surface area contributed by atoms with E-state index in [9.17, 15) is 19.5 Å². The number of ether oxygens (including phenoxy) is 2. The van der Waals surface area contributed by atoms with Crippen LogP contribution in [0.3, 0.4) is 0 Å². The van der Waals surface area contributed by atoms with E-state index in [0.717, 1.165) is 0 Å². The molecule has 0 aliphatic heterocycles. The van der Waals surface area contributed by atoms with Gasteiger partial charge in [0.25, 0.3) is 5.91 Å². The van der Waals surface area contributed by atoms with Crippen LogP contribution in [0.5, 0.6) is 5.75 Å². The van der Waals surface area contributed by atoms with Gasteiger partial charge in [0, 0.05) is 12.6 Å². The number of hydrogen-bond acceptors (Lipinski definition) is 7. The fourth-order valence-corrected chi connectivity index (χ4v) is 1.78. The second-order valence-electron chi connectivity index (χ2n) is 4.55. The van der Waals surface area contributed by atoms with E-state index in [-0.39, 0.29) is 37.4 Å². The molecule has 0 radical (unpaired) electrons. The highest BCUT2D eigenvalue weighted by Gasteiger charge is 2.24. The zero-order chi connectivity index (χ0) is 17.2. The summed E-state index contributed by atoms with van der Waals surface area (Å²) in [6, 6.07) is 0.227. The number of carbonyl (C=O) groups excluding carboxylic acids is 3. The molecule has 1 heterocycles. The van der Waals surface area contributed by atoms with Crippen molar-refractivity contribution in [1.82, 2.24) is 10.3 Å². The summed E-state index contributed by atoms with van der Waals surface area (Å²) >= 11 is 0. The summed E-state index contributed by atoms with van der Waals surface area (Å²) in [5, 5.41) is 11.8. The molecule has 0 fully saturated rings. The van der Waals surface area contributed by atoms with Crippen LogP contribution in [-0.2, 0) is 19.1 Å². The largest absolute Gasteiger partial charge is 0.506 e. The van der Waals surface area contributed by atoms with E-state index in [1.54, 1.807) is 13.8 Å². The smallest absolute Gasteiger partial charge is 0.328 e. The predicted octanol–water partition coefficient (Wildman–Crippen LogP) is 0.792. The maximum absolute atomic E-state index is 12.1. The lowest BCUT2D eigenvalue weighted by Crippen LogP contribution is -2.42. The Labute approximate surface area is 133 Å². The SMILES string of the molecule is CCOC(=O)CC[C@H](NC(=O)c1cncc(O)c1)C(=O)OCC. The average molecular weight is 324 g/mol. The third-order valence-corrected chi connectivity index (χ3v) is 2.80. The molecule has 0 saturated carbocycles. The van der Waals surface area contributed by atoms with Gasteiger partial charge < -0.3 is 19.9 Å². The standard InChI is InChI=1S/C15H20N2O6/c1-3-22-13(19)6-5-12(15(21)23-4-2)17-14(20)10-7-11(18)9-16-8-10/h7-9,12,18H,3-6H2,1-2H3,(H,17,20)/t12-/m0/s1. The molecule has 1 aromatic rings. The summed E-state index contributed by atoms with van der Waals surface area (Å²) in [6.45, 7) is 3.71. The van der Waals surface area contributed by atoms with E-state index < -0.39 is 23.9 Å². The Bertz CT molecular complexity index is 561. The number of aromatic nitrogens is 1. The van der Waals surface area contributed by atoms with Crippen LogP contribution >= 0.6 is 0 Å². The first kappa shape index (κ1) is 18.4. The lowest BCUT2D eigenvalue weighted by Gasteiger charge is -2.17. The van der Waals surface area contributed by atoms with E-state index in [2.05, 4.69) is 10.3 Å². The fourth-order valence-electron chi connectivity index (χ4n) is 1.78. The average Bonchev–Trinajstić information content (AvgIpc) is 2.51. The van der Waals surface area contributed by atoms with E-state index >= 15 is 0 Å². The predicted molar refractivity (Wildman–Crippen MR) is 79.7 cm³/mol. The third-order valence-electron chi connectivity index (χ3n) is 2.80. The Hall–Kier alpha value is -2.64. The second kappa shape index (κ2) is 9.39. The van der Waals surface area contributed by atoms with Crippen molar-refractivity contribution in [2.75, 3.05) is 13.2 Å². The number of pyridine rings is 1. The third kappa shape index (κ3) is 6.33. The zero-order valence-electron chi connectivity index (χ0n) is 13.1. The summed E-state index contributed by atoms with van der Waals surface area (Å²) in [7, 11) is 0. The molecule has 0 aliphatic rings. The molecule has 2 N–H and O–H groups in total. The summed E-state index contributed by atoms with van der Waals surface area (Å²) in [4.78, 5) is 39.1. The molecule has 0 saturated heterocycles. The van der Waals surface area contributed by atoms with Gasteiger partial charge in [-0.1, -0.05) is 0 Å². The molecule has 0 aromatic carbocycles. The minimum absolute atomic E-state index is 0.0319. The van der Waals surface area contributed by atoms with Crippen LogP contribution < -0.4 is 5.32 Å². The summed E-state index contributed by atoms with van der Waals surface area (Å²) < 4.78 is 9.68. The molecule has 1 atom stereocenters. The van der Waals surface area contributed by atoms with Gasteiger partial charge in [0.05, 0.1) is 25.0 Å². The number of aromatic hydroxyl groups is 1. The number of rotatable bonds is 8. The van der Waals surface area contributed by atoms with Crippen molar-refractivity contribution in [2.24, 2.45) is 0 Å². The highest BCUT2D eigenvalue weighted by Crippen LogP contribution is 2.10. The Balaban J connectivity index is 2.73. The molecule has 0 unspecified atom stereocenters. The maximum atomic E-state index is 12.1. The normalized spacial score (nSPS) is 11.4. The first-order chi connectivity index (χ1) is 11.0. The van der Waals surface area contributed by atoms with Crippen molar-refractivity contribution in [3.63, 3.8) is 0 Å². The highest BCUT2D eigenvalue weighted by molar-refractivity contribution is 5.96. The van der Waals surface area contributed by atoms with Gasteiger partial charge in [-0.25, -0.2) is 4.79 Å². The van der Waals surface area contributed by atoms with Crippen LogP contribution in [-0.4, -0.2) is 47.2 Å². The summed E-state index contributed by atoms with van der Waals surface area (Å²) in [5.74, 6) is -1.87. The van der Waals surface area contributed by atoms with Crippen molar-refractivity contribution >= 4 is 17.8 Å². The van der Waals surface area contributed by atoms with Crippen molar-refractivity contribution < 1.29 is 29.0 Å². The van der Waals surface area contributed by atoms with E-state index in [1.165, 1.54) is 18.5 Å². The Morgan fingerprint density at radius 3 is 2.52 bits per heavy atom. The van der Waals surface area contributed by atoms with Crippen LogP contribution in [0, 0.1) is 0 Å². The lowest BCUT2D eigenvalue weighted by atomic mass is 10.1. The number of nitrogens with zero attached hydrogens (tertiary/aromatic N) is 1. The molecule has 1 rings (SSSR count). The van der Waals surface area contributed by atoms with Crippen LogP contribution in [0.15, 0.2) is 18.5 Å². The van der Waals surface area contributed by atoms with Gasteiger partial charge in [-0.2, -0.15) is 0 Å². The molecule has 0 bridgehead atoms. The minimum Gasteiger partial charge on any atom is -0.506 e. The van der Waals surface area contributed by atoms with Gasteiger partial charge in [-0.3, -0.25) is 14.6 Å². The van der Waals surface area contributed by atoms with Crippen molar-refractivity contribution in [3.8, 4) is 5.75 Å². The number of hydrogen-bond donors (Lipinski definition) is 2. The summed E-state index contributed by atoms with van der Waals surface area (Å²) in [6.07, 6.45) is 2.45. The van der Waals surface area contributed by atoms with Crippen LogP contribution in [0.4, 0.5) is 0 Å². The second-order valence-corrected chi connectivity index (χ2v) is 4.55. The maximum Gasteiger partial charge on any atom is 0.328 e. The number of nitrogens with one attached hydrogen (secondary N) is 1. The van der Waals surface area contributed by atoms with Gasteiger partial charge in [0.2, 0.25) is 0 Å².